The third kappa shape index (κ3) is 3.55. The minimum absolute atomic E-state index is 0.493. The number of aromatic nitrogens is 1. The summed E-state index contributed by atoms with van der Waals surface area (Å²) in [7, 11) is 1.59. The highest BCUT2D eigenvalue weighted by molar-refractivity contribution is 7.80. The van der Waals surface area contributed by atoms with E-state index in [4.69, 9.17) is 17.0 Å². The van der Waals surface area contributed by atoms with Gasteiger partial charge in [0.2, 0.25) is 0 Å². The van der Waals surface area contributed by atoms with Crippen molar-refractivity contribution in [3.8, 4) is 5.75 Å². The molecule has 1 aromatic rings. The maximum absolute atomic E-state index is 5.12. The monoisotopic (exact) mass is 223 g/mol. The Kier molecular flexibility index (Phi) is 4.56. The van der Waals surface area contributed by atoms with Crippen LogP contribution in [0.5, 0.6) is 5.75 Å². The molecule has 0 unspecified atom stereocenters. The highest BCUT2D eigenvalue weighted by atomic mass is 32.1. The Labute approximate surface area is 94.4 Å². The molecular weight excluding hydrogens is 210 g/mol. The molecule has 80 valence electrons. The predicted molar refractivity (Wildman–Crippen MR) is 65.2 cm³/mol. The van der Waals surface area contributed by atoms with Crippen molar-refractivity contribution in [3.63, 3.8) is 0 Å². The lowest BCUT2D eigenvalue weighted by Gasteiger charge is -2.10. The average molecular weight is 223 g/mol. The van der Waals surface area contributed by atoms with Crippen LogP contribution in [0.15, 0.2) is 31.0 Å². The van der Waals surface area contributed by atoms with E-state index in [1.807, 2.05) is 6.07 Å². The Balaban J connectivity index is 2.63. The molecule has 0 fully saturated rings. The lowest BCUT2D eigenvalue weighted by Crippen LogP contribution is -2.28. The van der Waals surface area contributed by atoms with E-state index in [1.54, 1.807) is 25.4 Å². The lowest BCUT2D eigenvalue weighted by molar-refractivity contribution is 0.415. The normalized spacial score (nSPS) is 9.13. The molecule has 1 heterocycles. The number of hydrogen-bond acceptors (Lipinski definition) is 3. The topological polar surface area (TPSA) is 46.2 Å². The van der Waals surface area contributed by atoms with Crippen LogP contribution >= 0.6 is 12.2 Å². The molecule has 1 rings (SSSR count). The average Bonchev–Trinajstić information content (AvgIpc) is 2.27. The van der Waals surface area contributed by atoms with E-state index < -0.39 is 0 Å². The smallest absolute Gasteiger partial charge is 0.174 e. The summed E-state index contributed by atoms with van der Waals surface area (Å²) in [5, 5.41) is 6.36. The fraction of sp³-hybridized carbons (Fsp3) is 0.200. The first-order valence-electron chi connectivity index (χ1n) is 4.42. The second-order valence-corrected chi connectivity index (χ2v) is 3.09. The van der Waals surface area contributed by atoms with E-state index in [9.17, 15) is 0 Å². The Morgan fingerprint density at radius 1 is 1.73 bits per heavy atom. The number of thiocarbonyl (C=S) groups is 1. The van der Waals surface area contributed by atoms with Crippen molar-refractivity contribution in [3.05, 3.63) is 31.0 Å². The van der Waals surface area contributed by atoms with Crippen molar-refractivity contribution in [1.29, 1.82) is 0 Å². The Bertz CT molecular complexity index is 354. The van der Waals surface area contributed by atoms with Crippen molar-refractivity contribution >= 4 is 23.1 Å². The van der Waals surface area contributed by atoms with Crippen LogP contribution in [0.3, 0.4) is 0 Å². The fourth-order valence-corrected chi connectivity index (χ4v) is 1.15. The third-order valence-corrected chi connectivity index (χ3v) is 1.88. The number of anilines is 1. The molecule has 0 saturated heterocycles. The molecule has 0 radical (unpaired) electrons. The first kappa shape index (κ1) is 11.5. The molecule has 0 atom stereocenters. The molecule has 1 aromatic heterocycles. The quantitative estimate of drug-likeness (QED) is 0.599. The summed E-state index contributed by atoms with van der Waals surface area (Å²) in [4.78, 5) is 4.11. The van der Waals surface area contributed by atoms with Gasteiger partial charge in [-0.3, -0.25) is 0 Å². The summed E-state index contributed by atoms with van der Waals surface area (Å²) in [6.07, 6.45) is 3.39. The molecule has 5 heteroatoms. The van der Waals surface area contributed by atoms with Gasteiger partial charge in [-0.15, -0.1) is 6.58 Å². The number of pyridine rings is 1. The zero-order valence-corrected chi connectivity index (χ0v) is 9.30. The number of nitrogens with one attached hydrogen (secondary N) is 2. The Morgan fingerprint density at radius 2 is 2.53 bits per heavy atom. The van der Waals surface area contributed by atoms with Gasteiger partial charge in [-0.1, -0.05) is 6.08 Å². The summed E-state index contributed by atoms with van der Waals surface area (Å²) in [5.74, 6) is 1.25. The van der Waals surface area contributed by atoms with Crippen molar-refractivity contribution in [2.24, 2.45) is 0 Å². The molecular formula is C10H13N3OS. The fourth-order valence-electron chi connectivity index (χ4n) is 0.966. The largest absolute Gasteiger partial charge is 0.493 e. The first-order chi connectivity index (χ1) is 7.27. The maximum Gasteiger partial charge on any atom is 0.174 e. The summed E-state index contributed by atoms with van der Waals surface area (Å²) < 4.78 is 5.12. The standard InChI is InChI=1S/C10H13N3OS/c1-3-6-12-10(15)13-9-8(14-2)5-4-7-11-9/h3-5,7H,1,6H2,2H3,(H2,11,12,13,15). The third-order valence-electron chi connectivity index (χ3n) is 1.63. The molecule has 0 saturated carbocycles. The molecule has 0 spiro atoms. The van der Waals surface area contributed by atoms with Gasteiger partial charge in [0.15, 0.2) is 16.7 Å². The lowest BCUT2D eigenvalue weighted by atomic mass is 10.4. The Hall–Kier alpha value is -1.62. The molecule has 0 aliphatic rings. The van der Waals surface area contributed by atoms with Gasteiger partial charge < -0.3 is 15.4 Å². The molecule has 2 N–H and O–H groups in total. The predicted octanol–water partition coefficient (Wildman–Crippen LogP) is 1.56. The van der Waals surface area contributed by atoms with Crippen LogP contribution in [0.1, 0.15) is 0 Å². The molecule has 4 nitrogen and oxygen atoms in total. The molecule has 0 aliphatic carbocycles. The van der Waals surface area contributed by atoms with Gasteiger partial charge in [-0.25, -0.2) is 4.98 Å². The number of nitrogens with zero attached hydrogens (tertiary/aromatic N) is 1. The molecule has 0 amide bonds. The van der Waals surface area contributed by atoms with Crippen LogP contribution in [-0.4, -0.2) is 23.8 Å². The summed E-state index contributed by atoms with van der Waals surface area (Å²) in [6.45, 7) is 4.20. The highest BCUT2D eigenvalue weighted by Crippen LogP contribution is 2.19. The number of ether oxygens (including phenoxy) is 1. The van der Waals surface area contributed by atoms with E-state index in [1.165, 1.54) is 0 Å². The van der Waals surface area contributed by atoms with Gasteiger partial charge >= 0.3 is 0 Å². The van der Waals surface area contributed by atoms with Crippen LogP contribution in [-0.2, 0) is 0 Å². The van der Waals surface area contributed by atoms with E-state index in [2.05, 4.69) is 22.2 Å². The van der Waals surface area contributed by atoms with Crippen molar-refractivity contribution in [1.82, 2.24) is 10.3 Å². The second-order valence-electron chi connectivity index (χ2n) is 2.68. The van der Waals surface area contributed by atoms with Crippen molar-refractivity contribution in [2.45, 2.75) is 0 Å². The molecule has 0 aromatic carbocycles. The van der Waals surface area contributed by atoms with Crippen LogP contribution in [0.25, 0.3) is 0 Å². The van der Waals surface area contributed by atoms with E-state index in [0.29, 0.717) is 23.2 Å². The van der Waals surface area contributed by atoms with Crippen LogP contribution < -0.4 is 15.4 Å². The summed E-state index contributed by atoms with van der Waals surface area (Å²) in [6, 6.07) is 3.61. The van der Waals surface area contributed by atoms with Crippen LogP contribution in [0, 0.1) is 0 Å². The van der Waals surface area contributed by atoms with E-state index >= 15 is 0 Å². The maximum atomic E-state index is 5.12. The summed E-state index contributed by atoms with van der Waals surface area (Å²) >= 11 is 5.04. The van der Waals surface area contributed by atoms with E-state index in [0.717, 1.165) is 0 Å². The van der Waals surface area contributed by atoms with Crippen molar-refractivity contribution in [2.75, 3.05) is 19.0 Å². The number of hydrogen-bond donors (Lipinski definition) is 2. The van der Waals surface area contributed by atoms with Gasteiger partial charge in [-0.05, 0) is 24.4 Å². The summed E-state index contributed by atoms with van der Waals surface area (Å²) in [5.41, 5.74) is 0. The minimum atomic E-state index is 0.493. The second kappa shape index (κ2) is 5.98. The number of methoxy groups -OCH3 is 1. The van der Waals surface area contributed by atoms with Gasteiger partial charge in [-0.2, -0.15) is 0 Å². The first-order valence-corrected chi connectivity index (χ1v) is 4.83. The van der Waals surface area contributed by atoms with E-state index in [-0.39, 0.29) is 0 Å². The SMILES string of the molecule is C=CCNC(=S)Nc1ncccc1OC. The zero-order valence-electron chi connectivity index (χ0n) is 8.49. The number of rotatable bonds is 4. The Morgan fingerprint density at radius 3 is 3.20 bits per heavy atom. The van der Waals surface area contributed by atoms with Gasteiger partial charge in [0, 0.05) is 12.7 Å². The highest BCUT2D eigenvalue weighted by Gasteiger charge is 2.03. The van der Waals surface area contributed by atoms with Gasteiger partial charge in [0.25, 0.3) is 0 Å². The molecule has 15 heavy (non-hydrogen) atoms. The van der Waals surface area contributed by atoms with Gasteiger partial charge in [0.1, 0.15) is 0 Å². The molecule has 0 aliphatic heterocycles. The van der Waals surface area contributed by atoms with Gasteiger partial charge in [0.05, 0.1) is 7.11 Å². The zero-order chi connectivity index (χ0) is 11.1. The van der Waals surface area contributed by atoms with Crippen LogP contribution in [0.4, 0.5) is 5.82 Å². The molecule has 0 bridgehead atoms. The minimum Gasteiger partial charge on any atom is -0.493 e. The van der Waals surface area contributed by atoms with Crippen molar-refractivity contribution < 1.29 is 4.74 Å². The van der Waals surface area contributed by atoms with Crippen LogP contribution in [0.2, 0.25) is 0 Å².